The Bertz CT molecular complexity index is 1220. The van der Waals surface area contributed by atoms with Crippen LogP contribution in [-0.2, 0) is 15.9 Å². The summed E-state index contributed by atoms with van der Waals surface area (Å²) < 4.78 is 33.1. The third kappa shape index (κ3) is 5.09. The zero-order valence-electron chi connectivity index (χ0n) is 21.8. The highest BCUT2D eigenvalue weighted by atomic mass is 19.1. The molecule has 0 saturated carbocycles. The smallest absolute Gasteiger partial charge is 0.237 e. The molecule has 1 aromatic heterocycles. The minimum Gasteiger partial charge on any atom is -0.456 e. The molecule has 3 aromatic rings. The molecule has 2 aliphatic rings. The molecule has 0 aliphatic carbocycles. The minimum atomic E-state index is -1.07. The van der Waals surface area contributed by atoms with E-state index in [1.807, 2.05) is 27.9 Å². The van der Waals surface area contributed by atoms with Gasteiger partial charge in [0, 0.05) is 61.9 Å². The van der Waals surface area contributed by atoms with Gasteiger partial charge < -0.3 is 29.1 Å². The van der Waals surface area contributed by atoms with Gasteiger partial charge in [0.1, 0.15) is 17.3 Å². The molecule has 3 unspecified atom stereocenters. The Morgan fingerprint density at radius 3 is 2.62 bits per heavy atom. The molecular formula is C28H35FN4O4. The second-order valence-corrected chi connectivity index (χ2v) is 9.95. The van der Waals surface area contributed by atoms with Crippen LogP contribution in [0.3, 0.4) is 0 Å². The zero-order chi connectivity index (χ0) is 26.1. The number of aliphatic hydroxyl groups excluding tert-OH is 1. The molecule has 9 heteroatoms. The van der Waals surface area contributed by atoms with E-state index in [0.717, 1.165) is 54.7 Å². The SMILES string of the molecule is COC1CN(C)CCC1n1cc(-c2ccc3c(c2Oc2ccc(F)cc2)CC[C@H](C)N3C(O)OC)cn1. The van der Waals surface area contributed by atoms with Crippen molar-refractivity contribution in [1.82, 2.24) is 14.7 Å². The van der Waals surface area contributed by atoms with Crippen molar-refractivity contribution in [2.75, 3.05) is 39.3 Å². The summed E-state index contributed by atoms with van der Waals surface area (Å²) in [7, 11) is 5.34. The Labute approximate surface area is 217 Å². The van der Waals surface area contributed by atoms with Crippen LogP contribution >= 0.6 is 0 Å². The number of likely N-dealkylation sites (tertiary alicyclic amines) is 1. The quantitative estimate of drug-likeness (QED) is 0.471. The molecular weight excluding hydrogens is 475 g/mol. The highest BCUT2D eigenvalue weighted by molar-refractivity contribution is 5.78. The van der Waals surface area contributed by atoms with Gasteiger partial charge in [0.25, 0.3) is 0 Å². The normalized spacial score (nSPS) is 23.1. The van der Waals surface area contributed by atoms with Crippen LogP contribution in [0.4, 0.5) is 10.1 Å². The first-order valence-corrected chi connectivity index (χ1v) is 12.7. The van der Waals surface area contributed by atoms with Crippen molar-refractivity contribution in [2.24, 2.45) is 0 Å². The summed E-state index contributed by atoms with van der Waals surface area (Å²) in [6.07, 6.45) is 5.42. The molecule has 1 saturated heterocycles. The van der Waals surface area contributed by atoms with E-state index in [-0.39, 0.29) is 24.0 Å². The van der Waals surface area contributed by atoms with Crippen molar-refractivity contribution in [2.45, 2.75) is 50.8 Å². The number of rotatable bonds is 7. The van der Waals surface area contributed by atoms with Crippen molar-refractivity contribution in [3.05, 3.63) is 60.2 Å². The van der Waals surface area contributed by atoms with Crippen LogP contribution in [0.15, 0.2) is 48.8 Å². The van der Waals surface area contributed by atoms with Gasteiger partial charge in [0.15, 0.2) is 0 Å². The van der Waals surface area contributed by atoms with E-state index in [4.69, 9.17) is 19.3 Å². The Morgan fingerprint density at radius 1 is 1.11 bits per heavy atom. The summed E-state index contributed by atoms with van der Waals surface area (Å²) >= 11 is 0. The van der Waals surface area contributed by atoms with Crippen molar-refractivity contribution >= 4 is 5.69 Å². The predicted molar refractivity (Wildman–Crippen MR) is 139 cm³/mol. The lowest BCUT2D eigenvalue weighted by atomic mass is 9.92. The third-order valence-electron chi connectivity index (χ3n) is 7.57. The number of fused-ring (bicyclic) bond motifs is 1. The number of benzene rings is 2. The highest BCUT2D eigenvalue weighted by Crippen LogP contribution is 2.45. The number of ether oxygens (including phenoxy) is 3. The van der Waals surface area contributed by atoms with Crippen LogP contribution < -0.4 is 9.64 Å². The summed E-state index contributed by atoms with van der Waals surface area (Å²) in [5.74, 6) is 0.893. The fourth-order valence-corrected chi connectivity index (χ4v) is 5.50. The van der Waals surface area contributed by atoms with E-state index in [2.05, 4.69) is 25.1 Å². The van der Waals surface area contributed by atoms with Gasteiger partial charge in [-0.1, -0.05) is 0 Å². The lowest BCUT2D eigenvalue weighted by molar-refractivity contribution is -0.0795. The predicted octanol–water partition coefficient (Wildman–Crippen LogP) is 4.44. The highest BCUT2D eigenvalue weighted by Gasteiger charge is 2.33. The first-order valence-electron chi connectivity index (χ1n) is 12.7. The molecule has 0 bridgehead atoms. The molecule has 5 rings (SSSR count). The fourth-order valence-electron chi connectivity index (χ4n) is 5.50. The topological polar surface area (TPSA) is 72.2 Å². The van der Waals surface area contributed by atoms with Crippen LogP contribution in [0.1, 0.15) is 31.4 Å². The number of halogens is 1. The van der Waals surface area contributed by atoms with Gasteiger partial charge in [0.05, 0.1) is 18.3 Å². The Kier molecular flexibility index (Phi) is 7.48. The summed E-state index contributed by atoms with van der Waals surface area (Å²) in [5.41, 5.74) is 3.64. The second-order valence-electron chi connectivity index (χ2n) is 9.95. The molecule has 0 radical (unpaired) electrons. The van der Waals surface area contributed by atoms with Crippen molar-refractivity contribution in [3.8, 4) is 22.6 Å². The molecule has 37 heavy (non-hydrogen) atoms. The molecule has 2 aromatic carbocycles. The standard InChI is InChI=1S/C28H35FN4O4/c1-18-5-10-23-24(33(18)28(34)36-4)12-11-22(27(23)37-21-8-6-20(29)7-9-21)19-15-30-32(16-19)25-13-14-31(2)17-26(25)35-3/h6-9,11-12,15-16,18,25-26,28,34H,5,10,13-14,17H2,1-4H3/t18-,25?,26?,28?/m0/s1. The molecule has 3 heterocycles. The lowest BCUT2D eigenvalue weighted by Gasteiger charge is -2.40. The van der Waals surface area contributed by atoms with Gasteiger partial charge in [-0.3, -0.25) is 4.68 Å². The molecule has 2 aliphatic heterocycles. The van der Waals surface area contributed by atoms with Crippen LogP contribution in [0, 0.1) is 5.82 Å². The Morgan fingerprint density at radius 2 is 1.89 bits per heavy atom. The van der Waals surface area contributed by atoms with E-state index in [0.29, 0.717) is 11.5 Å². The number of hydrogen-bond acceptors (Lipinski definition) is 7. The van der Waals surface area contributed by atoms with E-state index >= 15 is 0 Å². The number of aromatic nitrogens is 2. The van der Waals surface area contributed by atoms with Crippen molar-refractivity contribution in [1.29, 1.82) is 0 Å². The fraction of sp³-hybridized carbons (Fsp3) is 0.464. The van der Waals surface area contributed by atoms with Gasteiger partial charge in [-0.2, -0.15) is 5.10 Å². The number of likely N-dealkylation sites (N-methyl/N-ethyl adjacent to an activating group) is 1. The number of hydrogen-bond donors (Lipinski definition) is 1. The molecule has 8 nitrogen and oxygen atoms in total. The number of aliphatic hydroxyl groups is 1. The third-order valence-corrected chi connectivity index (χ3v) is 7.57. The average molecular weight is 511 g/mol. The van der Waals surface area contributed by atoms with E-state index < -0.39 is 6.41 Å². The van der Waals surface area contributed by atoms with Crippen LogP contribution in [0.5, 0.6) is 11.5 Å². The van der Waals surface area contributed by atoms with E-state index in [1.54, 1.807) is 19.2 Å². The number of methoxy groups -OCH3 is 2. The molecule has 0 spiro atoms. The Hall–Kier alpha value is -2.98. The maximum Gasteiger partial charge on any atom is 0.237 e. The number of piperidine rings is 1. The molecule has 4 atom stereocenters. The lowest BCUT2D eigenvalue weighted by Crippen LogP contribution is -2.46. The summed E-state index contributed by atoms with van der Waals surface area (Å²) in [5, 5.41) is 15.3. The maximum atomic E-state index is 13.6. The number of anilines is 1. The molecule has 1 fully saturated rings. The summed E-state index contributed by atoms with van der Waals surface area (Å²) in [6.45, 7) is 3.90. The van der Waals surface area contributed by atoms with Crippen LogP contribution in [0.25, 0.3) is 11.1 Å². The molecule has 0 amide bonds. The van der Waals surface area contributed by atoms with Gasteiger partial charge in [0.2, 0.25) is 6.41 Å². The zero-order valence-corrected chi connectivity index (χ0v) is 21.8. The van der Waals surface area contributed by atoms with Crippen LogP contribution in [-0.4, -0.2) is 72.7 Å². The maximum absolute atomic E-state index is 13.6. The summed E-state index contributed by atoms with van der Waals surface area (Å²) in [4.78, 5) is 4.14. The van der Waals surface area contributed by atoms with Gasteiger partial charge in [-0.05, 0) is 69.6 Å². The van der Waals surface area contributed by atoms with E-state index in [9.17, 15) is 9.50 Å². The summed E-state index contributed by atoms with van der Waals surface area (Å²) in [6, 6.07) is 10.2. The van der Waals surface area contributed by atoms with Gasteiger partial charge in [-0.25, -0.2) is 4.39 Å². The van der Waals surface area contributed by atoms with Gasteiger partial charge >= 0.3 is 0 Å². The minimum absolute atomic E-state index is 0.0514. The first-order chi connectivity index (χ1) is 17.9. The van der Waals surface area contributed by atoms with Crippen molar-refractivity contribution in [3.63, 3.8) is 0 Å². The van der Waals surface area contributed by atoms with E-state index in [1.165, 1.54) is 19.2 Å². The number of nitrogens with zero attached hydrogens (tertiary/aromatic N) is 4. The Balaban J connectivity index is 1.57. The monoisotopic (exact) mass is 510 g/mol. The second kappa shape index (κ2) is 10.8. The molecule has 198 valence electrons. The van der Waals surface area contributed by atoms with Gasteiger partial charge in [-0.15, -0.1) is 0 Å². The molecule has 1 N–H and O–H groups in total. The van der Waals surface area contributed by atoms with Crippen molar-refractivity contribution < 1.29 is 23.7 Å². The largest absolute Gasteiger partial charge is 0.456 e. The van der Waals surface area contributed by atoms with Crippen LogP contribution in [0.2, 0.25) is 0 Å². The average Bonchev–Trinajstić information content (AvgIpc) is 3.39. The first kappa shape index (κ1) is 25.7.